The van der Waals surface area contributed by atoms with Crippen LogP contribution in [0.5, 0.6) is 0 Å². The molecule has 1 unspecified atom stereocenters. The summed E-state index contributed by atoms with van der Waals surface area (Å²) in [6.45, 7) is 0. The van der Waals surface area contributed by atoms with Gasteiger partial charge < -0.3 is 10.0 Å². The van der Waals surface area contributed by atoms with Gasteiger partial charge in [0.2, 0.25) is 0 Å². The van der Waals surface area contributed by atoms with Gasteiger partial charge >= 0.3 is 0 Å². The lowest BCUT2D eigenvalue weighted by molar-refractivity contribution is -0.0314. The van der Waals surface area contributed by atoms with Gasteiger partial charge in [0.05, 0.1) is 6.10 Å². The van der Waals surface area contributed by atoms with Gasteiger partial charge in [-0.25, -0.2) is 8.78 Å². The number of likely N-dealkylation sites (N-methyl/N-ethyl adjacent to an activating group) is 1. The number of benzene rings is 1. The summed E-state index contributed by atoms with van der Waals surface area (Å²) in [6, 6.07) is 4.14. The Morgan fingerprint density at radius 2 is 1.85 bits per heavy atom. The summed E-state index contributed by atoms with van der Waals surface area (Å²) in [5.41, 5.74) is -0.0684. The molecule has 1 fully saturated rings. The topological polar surface area (TPSA) is 23.5 Å². The van der Waals surface area contributed by atoms with E-state index >= 15 is 0 Å². The Bertz CT molecular complexity index is 456. The molecule has 1 aromatic rings. The molecular weight excluding hydrogens is 260 g/mol. The predicted molar refractivity (Wildman–Crippen MR) is 75.6 cm³/mol. The molecule has 0 amide bonds. The largest absolute Gasteiger partial charge is 0.391 e. The van der Waals surface area contributed by atoms with Crippen molar-refractivity contribution in [3.05, 3.63) is 35.4 Å². The average molecular weight is 283 g/mol. The van der Waals surface area contributed by atoms with Gasteiger partial charge in [-0.1, -0.05) is 31.4 Å². The van der Waals surface area contributed by atoms with Crippen molar-refractivity contribution in [3.8, 4) is 0 Å². The highest BCUT2D eigenvalue weighted by molar-refractivity contribution is 5.21. The molecule has 20 heavy (non-hydrogen) atoms. The molecule has 2 rings (SSSR count). The third kappa shape index (κ3) is 2.86. The van der Waals surface area contributed by atoms with E-state index in [4.69, 9.17) is 0 Å². The third-order valence-electron chi connectivity index (χ3n) is 4.68. The molecule has 1 saturated carbocycles. The van der Waals surface area contributed by atoms with Crippen molar-refractivity contribution in [2.75, 3.05) is 14.1 Å². The zero-order chi connectivity index (χ0) is 14.8. The van der Waals surface area contributed by atoms with Crippen molar-refractivity contribution in [3.63, 3.8) is 0 Å². The molecule has 0 saturated heterocycles. The second-order valence-corrected chi connectivity index (χ2v) is 5.99. The summed E-state index contributed by atoms with van der Waals surface area (Å²) in [7, 11) is 3.91. The van der Waals surface area contributed by atoms with E-state index in [9.17, 15) is 13.9 Å². The summed E-state index contributed by atoms with van der Waals surface area (Å²) in [5.74, 6) is -1.69. The molecule has 2 nitrogen and oxygen atoms in total. The molecule has 0 spiro atoms. The molecule has 0 radical (unpaired) electrons. The van der Waals surface area contributed by atoms with E-state index in [1.165, 1.54) is 12.5 Å². The van der Waals surface area contributed by atoms with Gasteiger partial charge in [0.25, 0.3) is 0 Å². The van der Waals surface area contributed by atoms with Gasteiger partial charge in [-0.2, -0.15) is 0 Å². The fraction of sp³-hybridized carbons (Fsp3) is 0.625. The van der Waals surface area contributed by atoms with Crippen molar-refractivity contribution in [2.45, 2.75) is 50.2 Å². The molecule has 0 heterocycles. The van der Waals surface area contributed by atoms with Gasteiger partial charge in [0, 0.05) is 12.0 Å². The predicted octanol–water partition coefficient (Wildman–Crippen LogP) is 3.13. The van der Waals surface area contributed by atoms with E-state index in [1.54, 1.807) is 6.07 Å². The van der Waals surface area contributed by atoms with Crippen LogP contribution < -0.4 is 0 Å². The average Bonchev–Trinajstić information content (AvgIpc) is 2.44. The quantitative estimate of drug-likeness (QED) is 0.917. The Morgan fingerprint density at radius 3 is 2.45 bits per heavy atom. The normalized spacial score (nSPS) is 20.1. The first-order valence-corrected chi connectivity index (χ1v) is 7.26. The van der Waals surface area contributed by atoms with Crippen LogP contribution in [-0.2, 0) is 6.42 Å². The molecule has 1 N–H and O–H groups in total. The highest BCUT2D eigenvalue weighted by Gasteiger charge is 2.41. The van der Waals surface area contributed by atoms with Gasteiger partial charge in [-0.05, 0) is 38.6 Å². The number of aliphatic hydroxyl groups is 1. The molecule has 1 atom stereocenters. The lowest BCUT2D eigenvalue weighted by Crippen LogP contribution is -2.55. The molecular formula is C16H23F2NO. The molecule has 0 aromatic heterocycles. The van der Waals surface area contributed by atoms with Crippen LogP contribution in [0.15, 0.2) is 18.2 Å². The Kier molecular flexibility index (Phi) is 4.76. The maximum Gasteiger partial charge on any atom is 0.162 e. The first-order chi connectivity index (χ1) is 9.47. The summed E-state index contributed by atoms with van der Waals surface area (Å²) in [4.78, 5) is 2.05. The maximum absolute atomic E-state index is 13.8. The zero-order valence-electron chi connectivity index (χ0n) is 12.2. The van der Waals surface area contributed by atoms with E-state index in [2.05, 4.69) is 0 Å². The van der Waals surface area contributed by atoms with Crippen LogP contribution in [-0.4, -0.2) is 35.7 Å². The van der Waals surface area contributed by atoms with Crippen LogP contribution >= 0.6 is 0 Å². The Labute approximate surface area is 119 Å². The highest BCUT2D eigenvalue weighted by Crippen LogP contribution is 2.36. The molecule has 1 aliphatic carbocycles. The van der Waals surface area contributed by atoms with Crippen molar-refractivity contribution >= 4 is 0 Å². The summed E-state index contributed by atoms with van der Waals surface area (Å²) in [5, 5.41) is 10.6. The van der Waals surface area contributed by atoms with Crippen LogP contribution in [0.1, 0.15) is 37.7 Å². The molecule has 1 aromatic carbocycles. The third-order valence-corrected chi connectivity index (χ3v) is 4.68. The van der Waals surface area contributed by atoms with Crippen molar-refractivity contribution in [2.24, 2.45) is 0 Å². The number of hydrogen-bond acceptors (Lipinski definition) is 2. The Hall–Kier alpha value is -1.00. The van der Waals surface area contributed by atoms with Gasteiger partial charge in [0.1, 0.15) is 0 Å². The fourth-order valence-electron chi connectivity index (χ4n) is 3.35. The first-order valence-electron chi connectivity index (χ1n) is 7.26. The molecule has 0 bridgehead atoms. The smallest absolute Gasteiger partial charge is 0.162 e. The van der Waals surface area contributed by atoms with Crippen LogP contribution in [0, 0.1) is 11.6 Å². The Balaban J connectivity index is 2.20. The zero-order valence-corrected chi connectivity index (χ0v) is 12.2. The molecule has 112 valence electrons. The van der Waals surface area contributed by atoms with E-state index < -0.39 is 17.7 Å². The van der Waals surface area contributed by atoms with E-state index in [0.29, 0.717) is 0 Å². The van der Waals surface area contributed by atoms with Crippen molar-refractivity contribution in [1.82, 2.24) is 4.90 Å². The molecule has 0 aliphatic heterocycles. The highest BCUT2D eigenvalue weighted by atomic mass is 19.2. The molecule has 4 heteroatoms. The Morgan fingerprint density at radius 1 is 1.20 bits per heavy atom. The first kappa shape index (κ1) is 15.4. The van der Waals surface area contributed by atoms with Crippen LogP contribution in [0.4, 0.5) is 8.78 Å². The maximum atomic E-state index is 13.8. The van der Waals surface area contributed by atoms with Crippen molar-refractivity contribution < 1.29 is 13.9 Å². The number of aliphatic hydroxyl groups excluding tert-OH is 1. The second kappa shape index (κ2) is 6.19. The minimum absolute atomic E-state index is 0.155. The van der Waals surface area contributed by atoms with Crippen LogP contribution in [0.25, 0.3) is 0 Å². The number of hydrogen-bond donors (Lipinski definition) is 1. The van der Waals surface area contributed by atoms with E-state index in [-0.39, 0.29) is 17.5 Å². The minimum atomic E-state index is -0.850. The van der Waals surface area contributed by atoms with Crippen molar-refractivity contribution in [1.29, 1.82) is 0 Å². The SMILES string of the molecule is CN(C)C1(C(O)Cc2cccc(F)c2F)CCCCC1. The standard InChI is InChI=1S/C16H23F2NO/c1-19(2)16(9-4-3-5-10-16)14(20)11-12-7-6-8-13(17)15(12)18/h6-8,14,20H,3-5,9-11H2,1-2H3. The lowest BCUT2D eigenvalue weighted by atomic mass is 9.75. The second-order valence-electron chi connectivity index (χ2n) is 5.99. The summed E-state index contributed by atoms with van der Waals surface area (Å²) < 4.78 is 27.0. The minimum Gasteiger partial charge on any atom is -0.391 e. The van der Waals surface area contributed by atoms with Crippen LogP contribution in [0.3, 0.4) is 0 Å². The van der Waals surface area contributed by atoms with E-state index in [0.717, 1.165) is 31.7 Å². The van der Waals surface area contributed by atoms with Gasteiger partial charge in [-0.15, -0.1) is 0 Å². The molecule has 1 aliphatic rings. The van der Waals surface area contributed by atoms with E-state index in [1.807, 2.05) is 19.0 Å². The lowest BCUT2D eigenvalue weighted by Gasteiger charge is -2.46. The summed E-state index contributed by atoms with van der Waals surface area (Å²) >= 11 is 0. The van der Waals surface area contributed by atoms with Gasteiger partial charge in [0.15, 0.2) is 11.6 Å². The summed E-state index contributed by atoms with van der Waals surface area (Å²) in [6.07, 6.45) is 4.59. The fourth-order valence-corrected chi connectivity index (χ4v) is 3.35. The van der Waals surface area contributed by atoms with Gasteiger partial charge in [-0.3, -0.25) is 0 Å². The number of halogens is 2. The van der Waals surface area contributed by atoms with Crippen LogP contribution in [0.2, 0.25) is 0 Å². The number of nitrogens with zero attached hydrogens (tertiary/aromatic N) is 1. The number of rotatable bonds is 4. The monoisotopic (exact) mass is 283 g/mol.